The molecule has 1 N–H and O–H groups in total. The van der Waals surface area contributed by atoms with Crippen molar-refractivity contribution in [2.24, 2.45) is 0 Å². The Balaban J connectivity index is 1.68. The van der Waals surface area contributed by atoms with E-state index in [-0.39, 0.29) is 11.3 Å². The van der Waals surface area contributed by atoms with Gasteiger partial charge in [-0.1, -0.05) is 54.5 Å². The summed E-state index contributed by atoms with van der Waals surface area (Å²) < 4.78 is 17.9. The van der Waals surface area contributed by atoms with E-state index in [1.165, 1.54) is 23.3 Å². The molecule has 2 heterocycles. The molecule has 1 aliphatic heterocycles. The quantitative estimate of drug-likeness (QED) is 0.0902. The number of carbonyl (C=O) groups excluding carboxylic acids is 2. The number of aliphatic hydroxyl groups is 1. The van der Waals surface area contributed by atoms with Crippen molar-refractivity contribution in [2.45, 2.75) is 32.7 Å². The van der Waals surface area contributed by atoms with Gasteiger partial charge in [-0.25, -0.2) is 4.98 Å². The second kappa shape index (κ2) is 12.2. The van der Waals surface area contributed by atoms with Gasteiger partial charge in [-0.05, 0) is 61.4 Å². The number of anilines is 1. The third kappa shape index (κ3) is 5.60. The molecule has 3 aromatic carbocycles. The van der Waals surface area contributed by atoms with Crippen molar-refractivity contribution >= 4 is 55.7 Å². The van der Waals surface area contributed by atoms with Crippen LogP contribution in [0.15, 0.2) is 66.2 Å². The van der Waals surface area contributed by atoms with E-state index in [1.54, 1.807) is 60.7 Å². The molecule has 0 aliphatic carbocycles. The van der Waals surface area contributed by atoms with Crippen LogP contribution in [0.5, 0.6) is 17.2 Å². The number of hydrogen-bond acceptors (Lipinski definition) is 8. The number of unbranched alkanes of at least 4 members (excludes halogenated alkanes) is 1. The predicted molar refractivity (Wildman–Crippen MR) is 160 cm³/mol. The van der Waals surface area contributed by atoms with E-state index < -0.39 is 17.7 Å². The Morgan fingerprint density at radius 3 is 2.63 bits per heavy atom. The summed E-state index contributed by atoms with van der Waals surface area (Å²) in [6.07, 6.45) is 1.86. The Kier molecular flexibility index (Phi) is 8.46. The van der Waals surface area contributed by atoms with Gasteiger partial charge in [0.2, 0.25) is 0 Å². The number of fused-ring (bicyclic) bond motifs is 1. The molecule has 0 saturated carbocycles. The molecular formula is C31H29ClN2O6S. The van der Waals surface area contributed by atoms with Crippen LogP contribution in [0.25, 0.3) is 16.0 Å². The fourth-order valence-electron chi connectivity index (χ4n) is 4.69. The van der Waals surface area contributed by atoms with Crippen molar-refractivity contribution in [1.82, 2.24) is 4.98 Å². The molecule has 41 heavy (non-hydrogen) atoms. The summed E-state index contributed by atoms with van der Waals surface area (Å²) in [7, 11) is 1.53. The first-order valence-corrected chi connectivity index (χ1v) is 14.5. The number of Topliss-reactive ketones (excluding diaryl/α,β-unsaturated/α-hetero) is 1. The van der Waals surface area contributed by atoms with Crippen molar-refractivity contribution in [1.29, 1.82) is 0 Å². The lowest BCUT2D eigenvalue weighted by Gasteiger charge is -2.24. The first-order chi connectivity index (χ1) is 19.9. The minimum Gasteiger partial charge on any atom is -0.507 e. The Hall–Kier alpha value is -4.08. The summed E-state index contributed by atoms with van der Waals surface area (Å²) in [4.78, 5) is 33.2. The second-order valence-corrected chi connectivity index (χ2v) is 10.8. The number of amides is 1. The number of hydrogen-bond donors (Lipinski definition) is 1. The summed E-state index contributed by atoms with van der Waals surface area (Å²) in [5.74, 6) is -0.428. The van der Waals surface area contributed by atoms with E-state index in [1.807, 2.05) is 6.92 Å². The maximum atomic E-state index is 13.6. The van der Waals surface area contributed by atoms with Gasteiger partial charge < -0.3 is 19.3 Å². The van der Waals surface area contributed by atoms with Crippen LogP contribution in [-0.4, -0.2) is 42.1 Å². The van der Waals surface area contributed by atoms with Crippen molar-refractivity contribution in [3.8, 4) is 17.2 Å². The summed E-state index contributed by atoms with van der Waals surface area (Å²) in [5.41, 5.74) is 1.46. The van der Waals surface area contributed by atoms with E-state index >= 15 is 0 Å². The van der Waals surface area contributed by atoms with Crippen molar-refractivity contribution in [2.75, 3.05) is 25.2 Å². The lowest BCUT2D eigenvalue weighted by Crippen LogP contribution is -2.29. The first kappa shape index (κ1) is 28.4. The highest BCUT2D eigenvalue weighted by atomic mass is 35.5. The van der Waals surface area contributed by atoms with Gasteiger partial charge in [0.25, 0.3) is 5.78 Å². The normalized spacial score (nSPS) is 16.4. The molecule has 1 saturated heterocycles. The molecule has 0 spiro atoms. The third-order valence-corrected chi connectivity index (χ3v) is 7.92. The van der Waals surface area contributed by atoms with Gasteiger partial charge in [0.05, 0.1) is 42.2 Å². The summed E-state index contributed by atoms with van der Waals surface area (Å²) >= 11 is 7.43. The highest BCUT2D eigenvalue weighted by molar-refractivity contribution is 7.22. The fourth-order valence-corrected chi connectivity index (χ4v) is 5.96. The van der Waals surface area contributed by atoms with Crippen molar-refractivity contribution in [3.63, 3.8) is 0 Å². The van der Waals surface area contributed by atoms with Crippen molar-refractivity contribution < 1.29 is 28.9 Å². The van der Waals surface area contributed by atoms with Crippen molar-refractivity contribution in [3.05, 3.63) is 82.4 Å². The molecule has 8 nitrogen and oxygen atoms in total. The minimum absolute atomic E-state index is 0.0670. The molecule has 4 aromatic rings. The average molecular weight is 593 g/mol. The Morgan fingerprint density at radius 2 is 1.88 bits per heavy atom. The minimum atomic E-state index is -0.986. The lowest BCUT2D eigenvalue weighted by molar-refractivity contribution is -0.132. The SMILES string of the molecule is CCCCOc1ccc(C2C(=C(O)c3cccc(OCC)c3)C(=O)C(=O)N2c2nc3ccc(Cl)cc3s2)cc1OC. The highest BCUT2D eigenvalue weighted by Crippen LogP contribution is 2.46. The van der Waals surface area contributed by atoms with E-state index in [4.69, 9.17) is 25.8 Å². The Morgan fingerprint density at radius 1 is 1.05 bits per heavy atom. The number of benzene rings is 3. The summed E-state index contributed by atoms with van der Waals surface area (Å²) in [6, 6.07) is 16.2. The predicted octanol–water partition coefficient (Wildman–Crippen LogP) is 7.16. The molecule has 5 rings (SSSR count). The Labute approximate surface area is 246 Å². The van der Waals surface area contributed by atoms with Gasteiger partial charge in [-0.15, -0.1) is 0 Å². The average Bonchev–Trinajstić information content (AvgIpc) is 3.50. The third-order valence-electron chi connectivity index (χ3n) is 6.67. The van der Waals surface area contributed by atoms with Gasteiger partial charge in [0.15, 0.2) is 16.6 Å². The molecule has 1 fully saturated rings. The fraction of sp³-hybridized carbons (Fsp3) is 0.258. The lowest BCUT2D eigenvalue weighted by atomic mass is 9.95. The zero-order chi connectivity index (χ0) is 29.1. The molecule has 1 amide bonds. The summed E-state index contributed by atoms with van der Waals surface area (Å²) in [6.45, 7) is 4.89. The van der Waals surface area contributed by atoms with Crippen LogP contribution in [0.1, 0.15) is 43.9 Å². The first-order valence-electron chi connectivity index (χ1n) is 13.3. The number of carbonyl (C=O) groups is 2. The standard InChI is InChI=1S/C31H29ClN2O6S/c1-4-6-14-40-23-13-10-18(16-24(23)38-3)27-26(28(35)19-8-7-9-21(15-19)39-5-2)29(36)30(37)34(27)31-33-22-12-11-20(32)17-25(22)41-31/h7-13,15-17,27,35H,4-6,14H2,1-3H3. The molecule has 1 aliphatic rings. The number of nitrogens with zero attached hydrogens (tertiary/aromatic N) is 2. The molecular weight excluding hydrogens is 564 g/mol. The maximum Gasteiger partial charge on any atom is 0.301 e. The van der Waals surface area contributed by atoms with Gasteiger partial charge in [-0.2, -0.15) is 0 Å². The second-order valence-electron chi connectivity index (χ2n) is 9.35. The van der Waals surface area contributed by atoms with Crippen LogP contribution >= 0.6 is 22.9 Å². The molecule has 0 bridgehead atoms. The van der Waals surface area contributed by atoms with E-state index in [0.717, 1.165) is 17.5 Å². The number of ether oxygens (including phenoxy) is 3. The van der Waals surface area contributed by atoms with Gasteiger partial charge in [-0.3, -0.25) is 14.5 Å². The zero-order valence-corrected chi connectivity index (χ0v) is 24.4. The molecule has 1 unspecified atom stereocenters. The molecule has 212 valence electrons. The topological polar surface area (TPSA) is 98.2 Å². The number of methoxy groups -OCH3 is 1. The number of thiazole rings is 1. The Bertz CT molecular complexity index is 1650. The van der Waals surface area contributed by atoms with Crippen LogP contribution in [0.3, 0.4) is 0 Å². The monoisotopic (exact) mass is 592 g/mol. The molecule has 1 atom stereocenters. The van der Waals surface area contributed by atoms with E-state index in [9.17, 15) is 14.7 Å². The van der Waals surface area contributed by atoms with E-state index in [2.05, 4.69) is 11.9 Å². The number of halogens is 1. The van der Waals surface area contributed by atoms with Crippen LogP contribution in [0.4, 0.5) is 5.13 Å². The molecule has 1 aromatic heterocycles. The van der Waals surface area contributed by atoms with Gasteiger partial charge in [0.1, 0.15) is 11.5 Å². The zero-order valence-electron chi connectivity index (χ0n) is 22.8. The van der Waals surface area contributed by atoms with Crippen LogP contribution in [-0.2, 0) is 9.59 Å². The number of rotatable bonds is 10. The largest absolute Gasteiger partial charge is 0.507 e. The summed E-state index contributed by atoms with van der Waals surface area (Å²) in [5, 5.41) is 12.4. The number of ketones is 1. The van der Waals surface area contributed by atoms with Gasteiger partial charge >= 0.3 is 5.91 Å². The van der Waals surface area contributed by atoms with E-state index in [0.29, 0.717) is 57.3 Å². The van der Waals surface area contributed by atoms with Crippen LogP contribution in [0.2, 0.25) is 5.02 Å². The smallest absolute Gasteiger partial charge is 0.301 e. The number of aliphatic hydroxyl groups excluding tert-OH is 1. The van der Waals surface area contributed by atoms with Crippen LogP contribution in [0, 0.1) is 0 Å². The number of aromatic nitrogens is 1. The highest BCUT2D eigenvalue weighted by Gasteiger charge is 2.48. The molecule has 10 heteroatoms. The maximum absolute atomic E-state index is 13.6. The molecule has 0 radical (unpaired) electrons. The van der Waals surface area contributed by atoms with Crippen LogP contribution < -0.4 is 19.1 Å². The van der Waals surface area contributed by atoms with Gasteiger partial charge in [0, 0.05) is 10.6 Å².